The molecule has 1 aliphatic rings. The smallest absolute Gasteiger partial charge is 0.260 e. The summed E-state index contributed by atoms with van der Waals surface area (Å²) >= 11 is 3.79. The number of para-hydroxylation sites is 1. The van der Waals surface area contributed by atoms with Crippen molar-refractivity contribution < 1.29 is 9.53 Å². The molecule has 1 aromatic heterocycles. The number of hydrogen-bond acceptors (Lipinski definition) is 4. The van der Waals surface area contributed by atoms with Gasteiger partial charge < -0.3 is 4.74 Å². The zero-order chi connectivity index (χ0) is 17.2. The number of anilines is 1. The van der Waals surface area contributed by atoms with Gasteiger partial charge in [-0.1, -0.05) is 23.5 Å². The summed E-state index contributed by atoms with van der Waals surface area (Å²) in [7, 11) is 0. The van der Waals surface area contributed by atoms with E-state index < -0.39 is 0 Å². The number of thiazole rings is 1. The average molecular weight is 464 g/mol. The highest BCUT2D eigenvalue weighted by Gasteiger charge is 2.26. The molecule has 25 heavy (non-hydrogen) atoms. The second-order valence-electron chi connectivity index (χ2n) is 6.02. The zero-order valence-electron chi connectivity index (χ0n) is 13.5. The van der Waals surface area contributed by atoms with Crippen molar-refractivity contribution in [3.8, 4) is 0 Å². The minimum absolute atomic E-state index is 0.0223. The van der Waals surface area contributed by atoms with E-state index in [0.29, 0.717) is 12.1 Å². The van der Waals surface area contributed by atoms with Crippen molar-refractivity contribution in [3.63, 3.8) is 0 Å². The van der Waals surface area contributed by atoms with Crippen molar-refractivity contribution in [1.29, 1.82) is 0 Å². The van der Waals surface area contributed by atoms with Crippen LogP contribution in [0.25, 0.3) is 10.2 Å². The highest BCUT2D eigenvalue weighted by atomic mass is 127. The quantitative estimate of drug-likeness (QED) is 0.525. The minimum Gasteiger partial charge on any atom is -0.376 e. The number of nitrogens with zero attached hydrogens (tertiary/aromatic N) is 2. The molecule has 1 saturated heterocycles. The molecule has 1 atom stereocenters. The lowest BCUT2D eigenvalue weighted by Gasteiger charge is -2.23. The molecule has 1 aliphatic heterocycles. The fraction of sp³-hybridized carbons (Fsp3) is 0.263. The Labute approximate surface area is 164 Å². The van der Waals surface area contributed by atoms with Gasteiger partial charge in [0, 0.05) is 15.7 Å². The number of rotatable bonds is 4. The van der Waals surface area contributed by atoms with Gasteiger partial charge in [0.05, 0.1) is 22.9 Å². The number of fused-ring (bicyclic) bond motifs is 1. The Bertz CT molecular complexity index is 855. The summed E-state index contributed by atoms with van der Waals surface area (Å²) in [6.07, 6.45) is 2.12. The molecule has 4 rings (SSSR count). The molecular formula is C19H17IN2O2S. The van der Waals surface area contributed by atoms with Crippen LogP contribution in [0.5, 0.6) is 0 Å². The van der Waals surface area contributed by atoms with Crippen LogP contribution in [0.4, 0.5) is 5.13 Å². The minimum atomic E-state index is -0.0223. The molecule has 1 amide bonds. The van der Waals surface area contributed by atoms with Crippen molar-refractivity contribution >= 4 is 55.2 Å². The number of amides is 1. The molecular weight excluding hydrogens is 447 g/mol. The zero-order valence-corrected chi connectivity index (χ0v) is 16.5. The molecule has 0 saturated carbocycles. The van der Waals surface area contributed by atoms with Crippen LogP contribution in [0.15, 0.2) is 48.5 Å². The number of carbonyl (C=O) groups excluding carboxylic acids is 1. The second-order valence-corrected chi connectivity index (χ2v) is 8.28. The Morgan fingerprint density at radius 3 is 2.76 bits per heavy atom. The van der Waals surface area contributed by atoms with E-state index in [2.05, 4.69) is 27.6 Å². The lowest BCUT2D eigenvalue weighted by Crippen LogP contribution is -2.37. The summed E-state index contributed by atoms with van der Waals surface area (Å²) in [5.41, 5.74) is 1.60. The molecule has 128 valence electrons. The Morgan fingerprint density at radius 1 is 1.24 bits per heavy atom. The molecule has 6 heteroatoms. The van der Waals surface area contributed by atoms with Gasteiger partial charge in [0.2, 0.25) is 0 Å². The molecule has 1 unspecified atom stereocenters. The van der Waals surface area contributed by atoms with E-state index in [4.69, 9.17) is 4.74 Å². The molecule has 2 aromatic carbocycles. The summed E-state index contributed by atoms with van der Waals surface area (Å²) in [4.78, 5) is 19.6. The van der Waals surface area contributed by atoms with Gasteiger partial charge in [0.15, 0.2) is 5.13 Å². The molecule has 0 radical (unpaired) electrons. The monoisotopic (exact) mass is 464 g/mol. The first-order valence-corrected chi connectivity index (χ1v) is 10.1. The van der Waals surface area contributed by atoms with Crippen molar-refractivity contribution in [2.45, 2.75) is 18.9 Å². The highest BCUT2D eigenvalue weighted by molar-refractivity contribution is 14.1. The van der Waals surface area contributed by atoms with Crippen LogP contribution in [0.2, 0.25) is 0 Å². The normalized spacial score (nSPS) is 17.1. The van der Waals surface area contributed by atoms with Crippen LogP contribution in [0.3, 0.4) is 0 Å². The van der Waals surface area contributed by atoms with Gasteiger partial charge in [-0.05, 0) is 71.8 Å². The number of aromatic nitrogens is 1. The Morgan fingerprint density at radius 2 is 2.04 bits per heavy atom. The van der Waals surface area contributed by atoms with Crippen LogP contribution in [-0.4, -0.2) is 30.1 Å². The number of benzene rings is 2. The fourth-order valence-electron chi connectivity index (χ4n) is 2.96. The third kappa shape index (κ3) is 3.70. The van der Waals surface area contributed by atoms with E-state index in [1.807, 2.05) is 48.5 Å². The second kappa shape index (κ2) is 7.39. The predicted molar refractivity (Wildman–Crippen MR) is 109 cm³/mol. The fourth-order valence-corrected chi connectivity index (χ4v) is 4.30. The molecule has 1 fully saturated rings. The van der Waals surface area contributed by atoms with Crippen LogP contribution >= 0.6 is 33.9 Å². The summed E-state index contributed by atoms with van der Waals surface area (Å²) in [5, 5.41) is 0.736. The van der Waals surface area contributed by atoms with E-state index in [1.165, 1.54) is 0 Å². The molecule has 3 aromatic rings. The third-order valence-corrected chi connectivity index (χ3v) is 6.04. The molecule has 0 aliphatic carbocycles. The standard InChI is InChI=1S/C19H17IN2O2S/c20-14-9-7-13(8-10-14)18(23)22(12-15-4-3-11-24-15)19-21-16-5-1-2-6-17(16)25-19/h1-2,5-10,15H,3-4,11-12H2. The summed E-state index contributed by atoms with van der Waals surface area (Å²) < 4.78 is 7.97. The molecule has 0 bridgehead atoms. The number of halogens is 1. The van der Waals surface area contributed by atoms with Crippen molar-refractivity contribution in [1.82, 2.24) is 4.98 Å². The Balaban J connectivity index is 1.69. The first kappa shape index (κ1) is 16.9. The number of ether oxygens (including phenoxy) is 1. The molecule has 0 N–H and O–H groups in total. The van der Waals surface area contributed by atoms with Gasteiger partial charge >= 0.3 is 0 Å². The van der Waals surface area contributed by atoms with Gasteiger partial charge in [-0.3, -0.25) is 9.69 Å². The van der Waals surface area contributed by atoms with E-state index in [-0.39, 0.29) is 12.0 Å². The maximum Gasteiger partial charge on any atom is 0.260 e. The average Bonchev–Trinajstić information content (AvgIpc) is 3.29. The SMILES string of the molecule is O=C(c1ccc(I)cc1)N(CC1CCCO1)c1nc2ccccc2s1. The topological polar surface area (TPSA) is 42.4 Å². The summed E-state index contributed by atoms with van der Waals surface area (Å²) in [6.45, 7) is 1.32. The largest absolute Gasteiger partial charge is 0.376 e. The maximum atomic E-state index is 13.2. The van der Waals surface area contributed by atoms with Gasteiger partial charge in [-0.2, -0.15) is 0 Å². The van der Waals surface area contributed by atoms with Gasteiger partial charge in [0.1, 0.15) is 0 Å². The Kier molecular flexibility index (Phi) is 5.00. The maximum absolute atomic E-state index is 13.2. The van der Waals surface area contributed by atoms with E-state index in [1.54, 1.807) is 16.2 Å². The summed E-state index contributed by atoms with van der Waals surface area (Å²) in [5.74, 6) is -0.0223. The van der Waals surface area contributed by atoms with E-state index in [9.17, 15) is 4.79 Å². The molecule has 4 nitrogen and oxygen atoms in total. The summed E-state index contributed by atoms with van der Waals surface area (Å²) in [6, 6.07) is 15.6. The molecule has 0 spiro atoms. The van der Waals surface area contributed by atoms with Crippen LogP contribution in [0.1, 0.15) is 23.2 Å². The van der Waals surface area contributed by atoms with Crippen LogP contribution in [-0.2, 0) is 4.74 Å². The van der Waals surface area contributed by atoms with Crippen LogP contribution in [0, 0.1) is 3.57 Å². The van der Waals surface area contributed by atoms with E-state index in [0.717, 1.165) is 38.4 Å². The third-order valence-electron chi connectivity index (χ3n) is 4.26. The number of hydrogen-bond donors (Lipinski definition) is 0. The van der Waals surface area contributed by atoms with Crippen molar-refractivity contribution in [2.24, 2.45) is 0 Å². The highest BCUT2D eigenvalue weighted by Crippen LogP contribution is 2.30. The lowest BCUT2D eigenvalue weighted by molar-refractivity contribution is 0.0917. The van der Waals surface area contributed by atoms with Crippen molar-refractivity contribution in [2.75, 3.05) is 18.1 Å². The Hall–Kier alpha value is -1.51. The first-order valence-electron chi connectivity index (χ1n) is 8.25. The van der Waals surface area contributed by atoms with E-state index >= 15 is 0 Å². The number of carbonyl (C=O) groups is 1. The lowest BCUT2D eigenvalue weighted by atomic mass is 10.2. The first-order chi connectivity index (χ1) is 12.2. The van der Waals surface area contributed by atoms with Gasteiger partial charge in [0.25, 0.3) is 5.91 Å². The molecule has 2 heterocycles. The van der Waals surface area contributed by atoms with Gasteiger partial charge in [-0.25, -0.2) is 4.98 Å². The van der Waals surface area contributed by atoms with Crippen molar-refractivity contribution in [3.05, 3.63) is 57.7 Å². The predicted octanol–water partition coefficient (Wildman–Crippen LogP) is 4.73. The van der Waals surface area contributed by atoms with Gasteiger partial charge in [-0.15, -0.1) is 0 Å². The van der Waals surface area contributed by atoms with Crippen LogP contribution < -0.4 is 4.90 Å².